The van der Waals surface area contributed by atoms with Crippen LogP contribution in [-0.4, -0.2) is 21.8 Å². The highest BCUT2D eigenvalue weighted by atomic mass is 79.9. The Hall–Kier alpha value is -4.19. The SMILES string of the molecule is O=C1N/C(=C/c2cc(Br)ccc2Oc2ccc(C(F)(F)F)cc2[N+](=O)[O-])C(=O)N1Cc1ccccc1. The third kappa shape index (κ3) is 5.38. The molecule has 3 aromatic rings. The van der Waals surface area contributed by atoms with Gasteiger partial charge in [-0.3, -0.25) is 19.8 Å². The van der Waals surface area contributed by atoms with Crippen molar-refractivity contribution < 1.29 is 32.4 Å². The van der Waals surface area contributed by atoms with Gasteiger partial charge in [-0.25, -0.2) is 4.79 Å². The van der Waals surface area contributed by atoms with E-state index in [9.17, 15) is 32.9 Å². The Labute approximate surface area is 210 Å². The highest BCUT2D eigenvalue weighted by Gasteiger charge is 2.35. The van der Waals surface area contributed by atoms with Crippen molar-refractivity contribution in [2.24, 2.45) is 0 Å². The molecule has 0 aromatic heterocycles. The number of nitro benzene ring substituents is 1. The number of alkyl halides is 3. The standard InChI is InChI=1S/C24H15BrF3N3O5/c25-17-7-9-20(36-21-8-6-16(24(26,27)28)12-19(21)31(34)35)15(10-17)11-18-22(32)30(23(33)29-18)13-14-4-2-1-3-5-14/h1-12H,13H2,(H,29,33)/b18-11+. The van der Waals surface area contributed by atoms with Crippen LogP contribution in [0, 0.1) is 10.1 Å². The number of imide groups is 1. The van der Waals surface area contributed by atoms with Gasteiger partial charge in [0.25, 0.3) is 5.91 Å². The highest BCUT2D eigenvalue weighted by molar-refractivity contribution is 9.10. The lowest BCUT2D eigenvalue weighted by Crippen LogP contribution is -2.30. The molecule has 3 aromatic carbocycles. The number of rotatable bonds is 6. The molecule has 0 aliphatic carbocycles. The van der Waals surface area contributed by atoms with E-state index in [1.165, 1.54) is 18.2 Å². The molecule has 1 aliphatic rings. The molecule has 4 rings (SSSR count). The number of carbonyl (C=O) groups is 2. The summed E-state index contributed by atoms with van der Waals surface area (Å²) in [5.41, 5.74) is -1.17. The maximum Gasteiger partial charge on any atom is 0.416 e. The van der Waals surface area contributed by atoms with Crippen molar-refractivity contribution in [3.05, 3.63) is 104 Å². The van der Waals surface area contributed by atoms with Crippen molar-refractivity contribution in [2.75, 3.05) is 0 Å². The van der Waals surface area contributed by atoms with Crippen molar-refractivity contribution >= 4 is 39.6 Å². The topological polar surface area (TPSA) is 102 Å². The lowest BCUT2D eigenvalue weighted by Gasteiger charge is -2.12. The highest BCUT2D eigenvalue weighted by Crippen LogP contribution is 2.39. The van der Waals surface area contributed by atoms with Crippen molar-refractivity contribution in [3.63, 3.8) is 0 Å². The van der Waals surface area contributed by atoms with E-state index in [1.54, 1.807) is 36.4 Å². The van der Waals surface area contributed by atoms with Crippen molar-refractivity contribution in [1.29, 1.82) is 0 Å². The summed E-state index contributed by atoms with van der Waals surface area (Å²) in [5.74, 6) is -1.02. The number of nitrogens with one attached hydrogen (secondary N) is 1. The first-order valence-electron chi connectivity index (χ1n) is 10.2. The first-order valence-corrected chi connectivity index (χ1v) is 11.0. The summed E-state index contributed by atoms with van der Waals surface area (Å²) in [6.07, 6.45) is -3.45. The first-order chi connectivity index (χ1) is 17.0. The van der Waals surface area contributed by atoms with Crippen molar-refractivity contribution in [2.45, 2.75) is 12.7 Å². The van der Waals surface area contributed by atoms with Crippen LogP contribution in [0.25, 0.3) is 6.08 Å². The predicted molar refractivity (Wildman–Crippen MR) is 126 cm³/mol. The minimum atomic E-state index is -4.77. The van der Waals surface area contributed by atoms with Crippen LogP contribution in [0.3, 0.4) is 0 Å². The number of halogens is 4. The van der Waals surface area contributed by atoms with Crippen LogP contribution in [0.2, 0.25) is 0 Å². The molecular weight excluding hydrogens is 547 g/mol. The molecule has 184 valence electrons. The molecule has 12 heteroatoms. The number of ether oxygens (including phenoxy) is 1. The van der Waals surface area contributed by atoms with Crippen LogP contribution in [0.5, 0.6) is 11.5 Å². The number of hydrogen-bond acceptors (Lipinski definition) is 5. The average molecular weight is 562 g/mol. The van der Waals surface area contributed by atoms with Crippen molar-refractivity contribution in [3.8, 4) is 11.5 Å². The summed E-state index contributed by atoms with van der Waals surface area (Å²) in [7, 11) is 0. The van der Waals surface area contributed by atoms with E-state index >= 15 is 0 Å². The van der Waals surface area contributed by atoms with Gasteiger partial charge in [0.15, 0.2) is 0 Å². The molecule has 1 saturated heterocycles. The third-order valence-corrected chi connectivity index (χ3v) is 5.61. The predicted octanol–water partition coefficient (Wildman–Crippen LogP) is 6.26. The molecule has 1 N–H and O–H groups in total. The van der Waals surface area contributed by atoms with E-state index in [-0.39, 0.29) is 23.6 Å². The zero-order chi connectivity index (χ0) is 26.0. The second-order valence-corrected chi connectivity index (χ2v) is 8.50. The Bertz CT molecular complexity index is 1390. The molecule has 0 bridgehead atoms. The smallest absolute Gasteiger partial charge is 0.416 e. The van der Waals surface area contributed by atoms with Gasteiger partial charge in [-0.2, -0.15) is 13.2 Å². The number of nitro groups is 1. The lowest BCUT2D eigenvalue weighted by molar-refractivity contribution is -0.385. The van der Waals surface area contributed by atoms with Gasteiger partial charge >= 0.3 is 17.9 Å². The molecule has 0 radical (unpaired) electrons. The number of urea groups is 1. The van der Waals surface area contributed by atoms with Gasteiger partial charge in [-0.1, -0.05) is 46.3 Å². The summed E-state index contributed by atoms with van der Waals surface area (Å²) < 4.78 is 45.2. The molecule has 36 heavy (non-hydrogen) atoms. The van der Waals surface area contributed by atoms with Gasteiger partial charge in [-0.05, 0) is 42.0 Å². The van der Waals surface area contributed by atoms with E-state index < -0.39 is 40.0 Å². The number of amides is 3. The fourth-order valence-electron chi connectivity index (χ4n) is 3.40. The molecule has 3 amide bonds. The number of benzene rings is 3. The van der Waals surface area contributed by atoms with Crippen LogP contribution in [0.4, 0.5) is 23.7 Å². The molecule has 1 heterocycles. The van der Waals surface area contributed by atoms with Crippen molar-refractivity contribution in [1.82, 2.24) is 10.2 Å². The van der Waals surface area contributed by atoms with E-state index in [2.05, 4.69) is 21.2 Å². The van der Waals surface area contributed by atoms with Gasteiger partial charge in [-0.15, -0.1) is 0 Å². The summed E-state index contributed by atoms with van der Waals surface area (Å²) in [6, 6.07) is 14.6. The monoisotopic (exact) mass is 561 g/mol. The minimum Gasteiger partial charge on any atom is -0.449 e. The van der Waals surface area contributed by atoms with Gasteiger partial charge in [0.2, 0.25) is 5.75 Å². The summed E-state index contributed by atoms with van der Waals surface area (Å²) in [6.45, 7) is 0.0441. The molecule has 1 aliphatic heterocycles. The quantitative estimate of drug-likeness (QED) is 0.165. The zero-order valence-corrected chi connectivity index (χ0v) is 19.7. The van der Waals surface area contributed by atoms with Crippen LogP contribution >= 0.6 is 15.9 Å². The van der Waals surface area contributed by atoms with E-state index in [1.807, 2.05) is 0 Å². The minimum absolute atomic E-state index is 0.0112. The number of nitrogens with zero attached hydrogens (tertiary/aromatic N) is 2. The Balaban J connectivity index is 1.66. The average Bonchev–Trinajstić information content (AvgIpc) is 3.08. The third-order valence-electron chi connectivity index (χ3n) is 5.12. The van der Waals surface area contributed by atoms with E-state index in [0.717, 1.165) is 16.5 Å². The molecular formula is C24H15BrF3N3O5. The normalized spacial score (nSPS) is 14.8. The second-order valence-electron chi connectivity index (χ2n) is 7.59. The van der Waals surface area contributed by atoms with E-state index in [0.29, 0.717) is 16.6 Å². The molecule has 8 nitrogen and oxygen atoms in total. The lowest BCUT2D eigenvalue weighted by atomic mass is 10.1. The number of hydrogen-bond donors (Lipinski definition) is 1. The molecule has 1 fully saturated rings. The summed E-state index contributed by atoms with van der Waals surface area (Å²) >= 11 is 3.28. The maximum absolute atomic E-state index is 13.0. The van der Waals surface area contributed by atoms with Gasteiger partial charge in [0.1, 0.15) is 11.4 Å². The maximum atomic E-state index is 13.0. The Morgan fingerprint density at radius 1 is 1.03 bits per heavy atom. The van der Waals surface area contributed by atoms with Crippen LogP contribution in [0.15, 0.2) is 76.9 Å². The molecule has 0 unspecified atom stereocenters. The molecule has 0 atom stereocenters. The zero-order valence-electron chi connectivity index (χ0n) is 18.1. The largest absolute Gasteiger partial charge is 0.449 e. The van der Waals surface area contributed by atoms with E-state index in [4.69, 9.17) is 4.74 Å². The first kappa shape index (κ1) is 24.9. The fourth-order valence-corrected chi connectivity index (χ4v) is 3.78. The summed E-state index contributed by atoms with van der Waals surface area (Å²) in [5, 5.41) is 13.9. The van der Waals surface area contributed by atoms with Gasteiger partial charge < -0.3 is 10.1 Å². The van der Waals surface area contributed by atoms with Gasteiger partial charge in [0, 0.05) is 16.1 Å². The fraction of sp³-hybridized carbons (Fsp3) is 0.0833. The van der Waals surface area contributed by atoms with Crippen LogP contribution in [0.1, 0.15) is 16.7 Å². The van der Waals surface area contributed by atoms with Gasteiger partial charge in [0.05, 0.1) is 17.0 Å². The number of carbonyl (C=O) groups excluding carboxylic acids is 2. The van der Waals surface area contributed by atoms with Crippen LogP contribution in [-0.2, 0) is 17.5 Å². The summed E-state index contributed by atoms with van der Waals surface area (Å²) in [4.78, 5) is 36.7. The Morgan fingerprint density at radius 3 is 2.39 bits per heavy atom. The molecule has 0 spiro atoms. The Morgan fingerprint density at radius 2 is 1.72 bits per heavy atom. The Kier molecular flexibility index (Phi) is 6.80. The second kappa shape index (κ2) is 9.82. The van der Waals surface area contributed by atoms with Crippen LogP contribution < -0.4 is 10.1 Å². The molecule has 0 saturated carbocycles.